The van der Waals surface area contributed by atoms with Crippen molar-refractivity contribution in [3.63, 3.8) is 0 Å². The number of carbonyl (C=O) groups excluding carboxylic acids is 1. The fourth-order valence-corrected chi connectivity index (χ4v) is 2.62. The van der Waals surface area contributed by atoms with E-state index >= 15 is 0 Å². The molecule has 0 unspecified atom stereocenters. The Balaban J connectivity index is 2.38. The normalized spacial score (nSPS) is 11.3. The van der Waals surface area contributed by atoms with Crippen LogP contribution in [0.15, 0.2) is 24.3 Å². The molecule has 0 saturated carbocycles. The molecule has 22 heavy (non-hydrogen) atoms. The lowest BCUT2D eigenvalue weighted by atomic mass is 10.2. The molecule has 0 atom stereocenters. The molecule has 4 nitrogen and oxygen atoms in total. The molecule has 0 saturated heterocycles. The molecule has 118 valence electrons. The van der Waals surface area contributed by atoms with Gasteiger partial charge in [-0.05, 0) is 25.5 Å². The van der Waals surface area contributed by atoms with Crippen molar-refractivity contribution in [2.24, 2.45) is 0 Å². The first-order valence-electron chi connectivity index (χ1n) is 6.40. The van der Waals surface area contributed by atoms with Crippen molar-refractivity contribution in [1.82, 2.24) is 4.98 Å². The van der Waals surface area contributed by atoms with Crippen molar-refractivity contribution in [3.05, 3.63) is 40.4 Å². The number of rotatable bonds is 4. The first-order chi connectivity index (χ1) is 10.3. The average molecular weight is 330 g/mol. The van der Waals surface area contributed by atoms with Crippen molar-refractivity contribution in [1.29, 1.82) is 0 Å². The molecule has 0 fully saturated rings. The topological polar surface area (TPSA) is 51.2 Å². The summed E-state index contributed by atoms with van der Waals surface area (Å²) in [4.78, 5) is 14.6. The second kappa shape index (κ2) is 6.35. The first-order valence-corrected chi connectivity index (χ1v) is 7.22. The monoisotopic (exact) mass is 330 g/mol. The molecular formula is C14H13F3N2O2S. The van der Waals surface area contributed by atoms with Gasteiger partial charge in [-0.1, -0.05) is 29.5 Å². The Morgan fingerprint density at radius 2 is 2.05 bits per heavy atom. The Labute approximate surface area is 128 Å². The van der Waals surface area contributed by atoms with Crippen LogP contribution in [-0.4, -0.2) is 17.6 Å². The summed E-state index contributed by atoms with van der Waals surface area (Å²) >= 11 is 0.621. The minimum absolute atomic E-state index is 0.00537. The van der Waals surface area contributed by atoms with Crippen LogP contribution in [0.5, 0.6) is 0 Å². The highest BCUT2D eigenvalue weighted by Crippen LogP contribution is 2.37. The number of esters is 1. The Morgan fingerprint density at radius 3 is 2.64 bits per heavy atom. The number of hydrogen-bond donors (Lipinski definition) is 1. The van der Waals surface area contributed by atoms with E-state index in [0.717, 1.165) is 5.56 Å². The van der Waals surface area contributed by atoms with E-state index < -0.39 is 22.7 Å². The van der Waals surface area contributed by atoms with Crippen LogP contribution in [-0.2, 0) is 10.9 Å². The third kappa shape index (κ3) is 3.56. The third-order valence-corrected chi connectivity index (χ3v) is 3.69. The van der Waals surface area contributed by atoms with Crippen LogP contribution >= 0.6 is 11.3 Å². The number of alkyl halides is 3. The van der Waals surface area contributed by atoms with Gasteiger partial charge < -0.3 is 10.1 Å². The number of nitrogens with zero attached hydrogens (tertiary/aromatic N) is 1. The number of hydrogen-bond acceptors (Lipinski definition) is 5. The second-order valence-electron chi connectivity index (χ2n) is 4.35. The van der Waals surface area contributed by atoms with Crippen molar-refractivity contribution < 1.29 is 22.7 Å². The van der Waals surface area contributed by atoms with Crippen molar-refractivity contribution >= 4 is 28.1 Å². The van der Waals surface area contributed by atoms with Gasteiger partial charge in [0.25, 0.3) is 0 Å². The molecule has 1 aromatic heterocycles. The van der Waals surface area contributed by atoms with E-state index in [1.807, 2.05) is 19.1 Å². The molecule has 2 aromatic rings. The van der Waals surface area contributed by atoms with E-state index in [2.05, 4.69) is 15.0 Å². The molecule has 2 rings (SSSR count). The van der Waals surface area contributed by atoms with Crippen LogP contribution < -0.4 is 5.32 Å². The Bertz CT molecular complexity index is 683. The van der Waals surface area contributed by atoms with Crippen molar-refractivity contribution in [2.45, 2.75) is 20.0 Å². The summed E-state index contributed by atoms with van der Waals surface area (Å²) in [5, 5.41) is 2.79. The summed E-state index contributed by atoms with van der Waals surface area (Å²) in [6.07, 6.45) is -4.72. The number of benzene rings is 1. The number of thiazole rings is 1. The van der Waals surface area contributed by atoms with Crippen LogP contribution in [0.4, 0.5) is 24.0 Å². The minimum atomic E-state index is -4.72. The Kier molecular flexibility index (Phi) is 4.70. The summed E-state index contributed by atoms with van der Waals surface area (Å²) in [5.41, 5.74) is 0.247. The third-order valence-electron chi connectivity index (χ3n) is 2.74. The molecule has 0 spiro atoms. The summed E-state index contributed by atoms with van der Waals surface area (Å²) in [6, 6.07) is 7.09. The highest BCUT2D eigenvalue weighted by atomic mass is 32.1. The predicted molar refractivity (Wildman–Crippen MR) is 77.5 cm³/mol. The molecule has 0 aliphatic heterocycles. The van der Waals surface area contributed by atoms with E-state index in [-0.39, 0.29) is 11.7 Å². The van der Waals surface area contributed by atoms with Gasteiger partial charge in [0.1, 0.15) is 4.88 Å². The smallest absolute Gasteiger partial charge is 0.435 e. The molecule has 0 amide bonds. The first kappa shape index (κ1) is 16.3. The summed E-state index contributed by atoms with van der Waals surface area (Å²) in [6.45, 7) is 3.33. The molecule has 0 radical (unpaired) electrons. The number of ether oxygens (including phenoxy) is 1. The number of nitrogens with one attached hydrogen (secondary N) is 1. The maximum absolute atomic E-state index is 13.0. The lowest BCUT2D eigenvalue weighted by Gasteiger charge is -2.06. The number of aromatic nitrogens is 1. The van der Waals surface area contributed by atoms with Crippen molar-refractivity contribution in [2.75, 3.05) is 11.9 Å². The highest BCUT2D eigenvalue weighted by molar-refractivity contribution is 7.17. The summed E-state index contributed by atoms with van der Waals surface area (Å²) in [7, 11) is 0. The van der Waals surface area contributed by atoms with Gasteiger partial charge >= 0.3 is 12.1 Å². The highest BCUT2D eigenvalue weighted by Gasteiger charge is 2.40. The van der Waals surface area contributed by atoms with Gasteiger partial charge in [0.15, 0.2) is 10.8 Å². The Hall–Kier alpha value is -2.09. The lowest BCUT2D eigenvalue weighted by Crippen LogP contribution is -2.13. The zero-order chi connectivity index (χ0) is 16.3. The van der Waals surface area contributed by atoms with Gasteiger partial charge in [0.05, 0.1) is 6.61 Å². The zero-order valence-corrected chi connectivity index (χ0v) is 12.6. The van der Waals surface area contributed by atoms with Crippen LogP contribution in [0.3, 0.4) is 0 Å². The number of carbonyl (C=O) groups is 1. The SMILES string of the molecule is CCOC(=O)c1sc(Nc2ccccc2C)nc1C(F)(F)F. The van der Waals surface area contributed by atoms with Gasteiger partial charge in [-0.2, -0.15) is 13.2 Å². The number of halogens is 3. The molecule has 0 bridgehead atoms. The van der Waals surface area contributed by atoms with Crippen molar-refractivity contribution in [3.8, 4) is 0 Å². The summed E-state index contributed by atoms with van der Waals surface area (Å²) < 4.78 is 43.6. The standard InChI is InChI=1S/C14H13F3N2O2S/c1-3-21-12(20)10-11(14(15,16)17)19-13(22-10)18-9-7-5-4-6-8(9)2/h4-7H,3H2,1-2H3,(H,18,19). The summed E-state index contributed by atoms with van der Waals surface area (Å²) in [5.74, 6) is -1.02. The fraction of sp³-hybridized carbons (Fsp3) is 0.286. The van der Waals surface area contributed by atoms with Crippen LogP contribution in [0.25, 0.3) is 0 Å². The van der Waals surface area contributed by atoms with E-state index in [1.54, 1.807) is 12.1 Å². The number of aryl methyl sites for hydroxylation is 1. The minimum Gasteiger partial charge on any atom is -0.462 e. The lowest BCUT2D eigenvalue weighted by molar-refractivity contribution is -0.141. The molecule has 1 aromatic carbocycles. The number of anilines is 2. The van der Waals surface area contributed by atoms with Gasteiger partial charge in [-0.25, -0.2) is 9.78 Å². The largest absolute Gasteiger partial charge is 0.462 e. The maximum atomic E-state index is 13.0. The van der Waals surface area contributed by atoms with Gasteiger partial charge in [-0.3, -0.25) is 0 Å². The molecule has 1 heterocycles. The average Bonchev–Trinajstić information content (AvgIpc) is 2.86. The van der Waals surface area contributed by atoms with Crippen LogP contribution in [0, 0.1) is 6.92 Å². The second-order valence-corrected chi connectivity index (χ2v) is 5.35. The van der Waals surface area contributed by atoms with Gasteiger partial charge in [-0.15, -0.1) is 0 Å². The molecule has 1 N–H and O–H groups in total. The van der Waals surface area contributed by atoms with E-state index in [0.29, 0.717) is 17.0 Å². The van der Waals surface area contributed by atoms with Gasteiger partial charge in [0.2, 0.25) is 0 Å². The quantitative estimate of drug-likeness (QED) is 0.845. The van der Waals surface area contributed by atoms with E-state index in [4.69, 9.17) is 0 Å². The maximum Gasteiger partial charge on any atom is 0.435 e. The van der Waals surface area contributed by atoms with Crippen LogP contribution in [0.2, 0.25) is 0 Å². The fourth-order valence-electron chi connectivity index (χ4n) is 1.73. The predicted octanol–water partition coefficient (Wildman–Crippen LogP) is 4.39. The number of para-hydroxylation sites is 1. The zero-order valence-electron chi connectivity index (χ0n) is 11.8. The molecule has 0 aliphatic rings. The van der Waals surface area contributed by atoms with Crippen LogP contribution in [0.1, 0.15) is 27.9 Å². The van der Waals surface area contributed by atoms with E-state index in [9.17, 15) is 18.0 Å². The molecule has 8 heteroatoms. The van der Waals surface area contributed by atoms with Gasteiger partial charge in [0, 0.05) is 5.69 Å². The molecular weight excluding hydrogens is 317 g/mol. The van der Waals surface area contributed by atoms with E-state index in [1.165, 1.54) is 6.92 Å². The Morgan fingerprint density at radius 1 is 1.36 bits per heavy atom. The molecule has 0 aliphatic carbocycles.